The van der Waals surface area contributed by atoms with E-state index in [1.807, 2.05) is 0 Å². The molecule has 0 amide bonds. The first-order chi connectivity index (χ1) is 4.79. The van der Waals surface area contributed by atoms with Crippen LogP contribution < -0.4 is 0 Å². The average Bonchev–Trinajstić information content (AvgIpc) is 1.88. The smallest absolute Gasteiger partial charge is 0.0302 e. The van der Waals surface area contributed by atoms with Crippen molar-refractivity contribution < 1.29 is 0 Å². The van der Waals surface area contributed by atoms with E-state index in [0.717, 1.165) is 5.92 Å². The van der Waals surface area contributed by atoms with Gasteiger partial charge in [-0.05, 0) is 25.4 Å². The van der Waals surface area contributed by atoms with Crippen molar-refractivity contribution in [3.8, 4) is 0 Å². The normalized spacial score (nSPS) is 21.9. The molecule has 1 heteroatoms. The van der Waals surface area contributed by atoms with Gasteiger partial charge in [-0.25, -0.2) is 0 Å². The fourth-order valence-electron chi connectivity index (χ4n) is 1.89. The molecule has 0 nitrogen and oxygen atoms in total. The highest BCUT2D eigenvalue weighted by Gasteiger charge is 2.13. The van der Waals surface area contributed by atoms with Crippen molar-refractivity contribution in [2.45, 2.75) is 32.1 Å². The molecule has 1 rings (SSSR count). The molecule has 0 aromatic heterocycles. The van der Waals surface area contributed by atoms with Gasteiger partial charge in [0.15, 0.2) is 0 Å². The van der Waals surface area contributed by atoms with E-state index in [1.54, 1.807) is 0 Å². The van der Waals surface area contributed by atoms with Crippen molar-refractivity contribution >= 4 is 7.92 Å². The Balaban J connectivity index is 2.13. The van der Waals surface area contributed by atoms with Crippen molar-refractivity contribution in [2.75, 3.05) is 19.5 Å². The third kappa shape index (κ3) is 3.01. The summed E-state index contributed by atoms with van der Waals surface area (Å²) in [6.07, 6.45) is 9.11. The van der Waals surface area contributed by atoms with Crippen molar-refractivity contribution in [3.05, 3.63) is 0 Å². The van der Waals surface area contributed by atoms with Crippen LogP contribution in [0.1, 0.15) is 32.1 Å². The van der Waals surface area contributed by atoms with Crippen molar-refractivity contribution in [1.29, 1.82) is 0 Å². The van der Waals surface area contributed by atoms with E-state index >= 15 is 0 Å². The minimum Gasteiger partial charge on any atom is -0.113 e. The van der Waals surface area contributed by atoms with Gasteiger partial charge in [0, 0.05) is 0 Å². The summed E-state index contributed by atoms with van der Waals surface area (Å²) in [7, 11) is 0.377. The zero-order valence-corrected chi connectivity index (χ0v) is 8.16. The molecule has 1 aliphatic carbocycles. The Kier molecular flexibility index (Phi) is 3.70. The maximum Gasteiger partial charge on any atom is -0.0302 e. The van der Waals surface area contributed by atoms with Gasteiger partial charge in [-0.1, -0.05) is 32.1 Å². The van der Waals surface area contributed by atoms with Crippen LogP contribution in [0.15, 0.2) is 0 Å². The summed E-state index contributed by atoms with van der Waals surface area (Å²) in [5, 5.41) is 0. The van der Waals surface area contributed by atoms with Gasteiger partial charge < -0.3 is 0 Å². The molecule has 0 atom stereocenters. The Labute approximate surface area is 66.2 Å². The summed E-state index contributed by atoms with van der Waals surface area (Å²) >= 11 is 0. The molecule has 0 aliphatic heterocycles. The molecule has 10 heavy (non-hydrogen) atoms. The lowest BCUT2D eigenvalue weighted by Crippen LogP contribution is -2.09. The molecular weight excluding hydrogens is 139 g/mol. The van der Waals surface area contributed by atoms with Gasteiger partial charge in [-0.2, -0.15) is 0 Å². The van der Waals surface area contributed by atoms with Crippen LogP contribution in [0, 0.1) is 5.92 Å². The second-order valence-electron chi connectivity index (χ2n) is 3.77. The molecule has 1 saturated carbocycles. The Morgan fingerprint density at radius 2 is 1.70 bits per heavy atom. The Bertz CT molecular complexity index is 82.7. The highest BCUT2D eigenvalue weighted by atomic mass is 31.1. The summed E-state index contributed by atoms with van der Waals surface area (Å²) in [6, 6.07) is 0. The lowest BCUT2D eigenvalue weighted by Gasteiger charge is -2.22. The van der Waals surface area contributed by atoms with Crippen LogP contribution in [0.2, 0.25) is 0 Å². The number of hydrogen-bond acceptors (Lipinski definition) is 0. The Morgan fingerprint density at radius 1 is 1.10 bits per heavy atom. The van der Waals surface area contributed by atoms with Crippen LogP contribution in [-0.2, 0) is 0 Å². The second kappa shape index (κ2) is 4.34. The highest BCUT2D eigenvalue weighted by Crippen LogP contribution is 2.34. The molecule has 1 fully saturated rings. The second-order valence-corrected chi connectivity index (χ2v) is 6.29. The number of hydrogen-bond donors (Lipinski definition) is 0. The van der Waals surface area contributed by atoms with Gasteiger partial charge in [0.25, 0.3) is 0 Å². The van der Waals surface area contributed by atoms with Crippen LogP contribution in [0.25, 0.3) is 0 Å². The molecule has 0 radical (unpaired) electrons. The largest absolute Gasteiger partial charge is 0.113 e. The van der Waals surface area contributed by atoms with Gasteiger partial charge in [-0.3, -0.25) is 0 Å². The lowest BCUT2D eigenvalue weighted by molar-refractivity contribution is 0.389. The minimum atomic E-state index is 0.377. The molecular formula is C9H19P. The van der Waals surface area contributed by atoms with E-state index < -0.39 is 0 Å². The maximum absolute atomic E-state index is 2.41. The lowest BCUT2D eigenvalue weighted by atomic mass is 9.91. The third-order valence-electron chi connectivity index (χ3n) is 2.35. The summed E-state index contributed by atoms with van der Waals surface area (Å²) in [5.41, 5.74) is 0. The Hall–Kier alpha value is 0.430. The summed E-state index contributed by atoms with van der Waals surface area (Å²) < 4.78 is 0. The van der Waals surface area contributed by atoms with Gasteiger partial charge in [-0.15, -0.1) is 7.92 Å². The molecule has 0 heterocycles. The van der Waals surface area contributed by atoms with Crippen molar-refractivity contribution in [3.63, 3.8) is 0 Å². The zero-order valence-electron chi connectivity index (χ0n) is 7.27. The average molecular weight is 158 g/mol. The summed E-state index contributed by atoms with van der Waals surface area (Å²) in [5.74, 6) is 1.11. The first-order valence-electron chi connectivity index (χ1n) is 4.44. The molecule has 0 bridgehead atoms. The fraction of sp³-hybridized carbons (Fsp3) is 1.00. The summed E-state index contributed by atoms with van der Waals surface area (Å²) in [6.45, 7) is 4.81. The van der Waals surface area contributed by atoms with Gasteiger partial charge in [0.1, 0.15) is 0 Å². The predicted octanol–water partition coefficient (Wildman–Crippen LogP) is 3.31. The molecule has 0 aromatic rings. The minimum absolute atomic E-state index is 0.377. The van der Waals surface area contributed by atoms with Crippen LogP contribution in [-0.4, -0.2) is 19.5 Å². The maximum atomic E-state index is 2.41. The fourth-order valence-corrected chi connectivity index (χ4v) is 3.28. The van der Waals surface area contributed by atoms with E-state index in [9.17, 15) is 0 Å². The quantitative estimate of drug-likeness (QED) is 0.541. The monoisotopic (exact) mass is 158 g/mol. The van der Waals surface area contributed by atoms with Gasteiger partial charge in [0.2, 0.25) is 0 Å². The van der Waals surface area contributed by atoms with E-state index in [2.05, 4.69) is 13.3 Å². The van der Waals surface area contributed by atoms with Crippen molar-refractivity contribution in [1.82, 2.24) is 0 Å². The molecule has 1 aliphatic rings. The summed E-state index contributed by atoms with van der Waals surface area (Å²) in [4.78, 5) is 0. The molecule has 0 N–H and O–H groups in total. The third-order valence-corrected chi connectivity index (χ3v) is 3.59. The van der Waals surface area contributed by atoms with Crippen LogP contribution in [0.4, 0.5) is 0 Å². The SMILES string of the molecule is CP(C)CC1CCCCC1. The first-order valence-corrected chi connectivity index (χ1v) is 6.86. The molecule has 0 saturated heterocycles. The van der Waals surface area contributed by atoms with Crippen molar-refractivity contribution in [2.24, 2.45) is 5.92 Å². The number of rotatable bonds is 2. The Morgan fingerprint density at radius 3 is 2.20 bits per heavy atom. The molecule has 0 spiro atoms. The van der Waals surface area contributed by atoms with E-state index in [0.29, 0.717) is 7.92 Å². The standard InChI is InChI=1S/C9H19P/c1-10(2)8-9-6-4-3-5-7-9/h9H,3-8H2,1-2H3. The zero-order chi connectivity index (χ0) is 7.40. The van der Waals surface area contributed by atoms with E-state index in [-0.39, 0.29) is 0 Å². The van der Waals surface area contributed by atoms with E-state index in [4.69, 9.17) is 0 Å². The van der Waals surface area contributed by atoms with Crippen LogP contribution >= 0.6 is 7.92 Å². The highest BCUT2D eigenvalue weighted by molar-refractivity contribution is 7.55. The molecule has 60 valence electrons. The van der Waals surface area contributed by atoms with Gasteiger partial charge in [0.05, 0.1) is 0 Å². The molecule has 0 aromatic carbocycles. The van der Waals surface area contributed by atoms with E-state index in [1.165, 1.54) is 38.3 Å². The predicted molar refractivity (Wildman–Crippen MR) is 50.2 cm³/mol. The van der Waals surface area contributed by atoms with Crippen LogP contribution in [0.3, 0.4) is 0 Å². The van der Waals surface area contributed by atoms with Crippen LogP contribution in [0.5, 0.6) is 0 Å². The first kappa shape index (κ1) is 8.53. The molecule has 0 unspecified atom stereocenters. The topological polar surface area (TPSA) is 0 Å². The van der Waals surface area contributed by atoms with Gasteiger partial charge >= 0.3 is 0 Å².